The third-order valence-corrected chi connectivity index (χ3v) is 4.03. The highest BCUT2D eigenvalue weighted by Gasteiger charge is 1.93. The average Bonchev–Trinajstić information content (AvgIpc) is 2.47. The molecule has 0 aliphatic heterocycles. The topological polar surface area (TPSA) is 0 Å². The molecule has 0 nitrogen and oxygen atoms in total. The fraction of sp³-hybridized carbons (Fsp3) is 0.850. The molecule has 1 radical (unpaired) electrons. The van der Waals surface area contributed by atoms with Crippen molar-refractivity contribution in [2.24, 2.45) is 0 Å². The highest BCUT2D eigenvalue weighted by molar-refractivity contribution is 5.00. The molecular weight excluding hydrogens is 240 g/mol. The van der Waals surface area contributed by atoms with Crippen LogP contribution in [-0.2, 0) is 0 Å². The molecule has 0 N–H and O–H groups in total. The van der Waals surface area contributed by atoms with Gasteiger partial charge in [0, 0.05) is 13.3 Å². The molecule has 0 amide bonds. The average molecular weight is 278 g/mol. The number of hydrogen-bond donors (Lipinski definition) is 0. The molecule has 0 saturated carbocycles. The zero-order valence-electron chi connectivity index (χ0n) is 14.0. The second-order valence-corrected chi connectivity index (χ2v) is 6.05. The van der Waals surface area contributed by atoms with Crippen molar-refractivity contribution >= 4 is 0 Å². The molecule has 20 heavy (non-hydrogen) atoms. The Morgan fingerprint density at radius 2 is 0.900 bits per heavy atom. The Kier molecular flexibility index (Phi) is 18.2. The molecule has 0 saturated heterocycles. The zero-order valence-corrected chi connectivity index (χ0v) is 14.0. The van der Waals surface area contributed by atoms with Crippen molar-refractivity contribution in [3.63, 3.8) is 0 Å². The van der Waals surface area contributed by atoms with Crippen LogP contribution < -0.4 is 0 Å². The first kappa shape index (κ1) is 19.6. The Morgan fingerprint density at radius 3 is 1.25 bits per heavy atom. The molecule has 0 aromatic heterocycles. The maximum atomic E-state index is 3.53. The molecule has 0 heteroatoms. The predicted molar refractivity (Wildman–Crippen MR) is 92.7 cm³/mol. The maximum absolute atomic E-state index is 3.53. The van der Waals surface area contributed by atoms with Gasteiger partial charge in [-0.15, -0.1) is 11.8 Å². The molecule has 0 rings (SSSR count). The molecule has 0 unspecified atom stereocenters. The van der Waals surface area contributed by atoms with Gasteiger partial charge in [-0.05, 0) is 6.42 Å². The lowest BCUT2D eigenvalue weighted by Crippen LogP contribution is -1.83. The Bertz CT molecular complexity index is 218. The van der Waals surface area contributed by atoms with Crippen LogP contribution in [0.5, 0.6) is 0 Å². The fourth-order valence-corrected chi connectivity index (χ4v) is 2.67. The monoisotopic (exact) mass is 277 g/mol. The van der Waals surface area contributed by atoms with Crippen molar-refractivity contribution in [3.8, 4) is 11.8 Å². The third-order valence-electron chi connectivity index (χ3n) is 4.03. The maximum Gasteiger partial charge on any atom is 0.0198 e. The van der Waals surface area contributed by atoms with Gasteiger partial charge in [0.1, 0.15) is 0 Å². The summed E-state index contributed by atoms with van der Waals surface area (Å²) < 4.78 is 0. The van der Waals surface area contributed by atoms with Gasteiger partial charge < -0.3 is 0 Å². The van der Waals surface area contributed by atoms with Gasteiger partial charge in [0.05, 0.1) is 0 Å². The third kappa shape index (κ3) is 17.6. The van der Waals surface area contributed by atoms with Crippen LogP contribution in [0.1, 0.15) is 110 Å². The van der Waals surface area contributed by atoms with Crippen LogP contribution in [0.15, 0.2) is 0 Å². The predicted octanol–water partition coefficient (Wildman–Crippen LogP) is 7.09. The number of rotatable bonds is 15. The number of hydrogen-bond acceptors (Lipinski definition) is 0. The van der Waals surface area contributed by atoms with Gasteiger partial charge in [0.2, 0.25) is 0 Å². The van der Waals surface area contributed by atoms with Gasteiger partial charge in [-0.25, -0.2) is 0 Å². The van der Waals surface area contributed by atoms with E-state index in [2.05, 4.69) is 25.7 Å². The van der Waals surface area contributed by atoms with E-state index in [1.54, 1.807) is 0 Å². The van der Waals surface area contributed by atoms with Crippen LogP contribution in [0.2, 0.25) is 0 Å². The highest BCUT2D eigenvalue weighted by Crippen LogP contribution is 2.13. The molecule has 0 aliphatic rings. The van der Waals surface area contributed by atoms with Crippen molar-refractivity contribution in [1.29, 1.82) is 0 Å². The summed E-state index contributed by atoms with van der Waals surface area (Å²) in [6, 6.07) is 0. The normalized spacial score (nSPS) is 10.3. The molecule has 0 heterocycles. The van der Waals surface area contributed by atoms with Crippen LogP contribution in [0, 0.1) is 18.8 Å². The summed E-state index contributed by atoms with van der Waals surface area (Å²) in [5.74, 6) is 5.75. The van der Waals surface area contributed by atoms with Gasteiger partial charge in [-0.3, -0.25) is 0 Å². The molecule has 0 aromatic carbocycles. The zero-order chi connectivity index (χ0) is 14.7. The molecule has 0 fully saturated rings. The SMILES string of the molecule is [CH2]C#CCCCCCCCCCCCCCCCCC. The van der Waals surface area contributed by atoms with Crippen LogP contribution in [0.3, 0.4) is 0 Å². The molecule has 0 spiro atoms. The summed E-state index contributed by atoms with van der Waals surface area (Å²) in [7, 11) is 0. The fourth-order valence-electron chi connectivity index (χ4n) is 2.67. The summed E-state index contributed by atoms with van der Waals surface area (Å²) in [4.78, 5) is 0. The van der Waals surface area contributed by atoms with Crippen molar-refractivity contribution in [2.45, 2.75) is 110 Å². The van der Waals surface area contributed by atoms with E-state index in [0.29, 0.717) is 0 Å². The Balaban J connectivity index is 2.93. The standard InChI is InChI=1S/C20H37/c1-3-5-7-9-11-13-15-17-19-20-18-16-14-12-10-8-6-4-2/h1,4,6-20H2,2H3. The van der Waals surface area contributed by atoms with Crippen LogP contribution >= 0.6 is 0 Å². The van der Waals surface area contributed by atoms with Gasteiger partial charge in [0.25, 0.3) is 0 Å². The molecule has 0 aromatic rings. The molecule has 0 aliphatic carbocycles. The molecule has 117 valence electrons. The summed E-state index contributed by atoms with van der Waals surface area (Å²) in [6.45, 7) is 5.82. The second kappa shape index (κ2) is 18.6. The lowest BCUT2D eigenvalue weighted by atomic mass is 10.0. The minimum Gasteiger partial charge on any atom is -0.103 e. The van der Waals surface area contributed by atoms with E-state index in [9.17, 15) is 0 Å². The highest BCUT2D eigenvalue weighted by atomic mass is 14.0. The summed E-state index contributed by atoms with van der Waals surface area (Å²) >= 11 is 0. The first-order chi connectivity index (χ1) is 9.91. The lowest BCUT2D eigenvalue weighted by molar-refractivity contribution is 0.533. The molecular formula is C20H37. The van der Waals surface area contributed by atoms with Gasteiger partial charge in [-0.2, -0.15) is 0 Å². The summed E-state index contributed by atoms with van der Waals surface area (Å²) in [6.07, 6.45) is 22.4. The minimum atomic E-state index is 1.04. The van der Waals surface area contributed by atoms with E-state index in [4.69, 9.17) is 0 Å². The lowest BCUT2D eigenvalue weighted by Gasteiger charge is -2.03. The Labute approximate surface area is 129 Å². The molecule has 0 bridgehead atoms. The molecule has 0 atom stereocenters. The van der Waals surface area contributed by atoms with E-state index < -0.39 is 0 Å². The van der Waals surface area contributed by atoms with Crippen molar-refractivity contribution < 1.29 is 0 Å². The van der Waals surface area contributed by atoms with E-state index in [0.717, 1.165) is 6.42 Å². The largest absolute Gasteiger partial charge is 0.103 e. The first-order valence-corrected chi connectivity index (χ1v) is 9.16. The number of unbranched alkanes of at least 4 members (excludes halogenated alkanes) is 15. The van der Waals surface area contributed by atoms with Crippen molar-refractivity contribution in [2.75, 3.05) is 0 Å². The summed E-state index contributed by atoms with van der Waals surface area (Å²) in [5.41, 5.74) is 0. The first-order valence-electron chi connectivity index (χ1n) is 9.16. The van der Waals surface area contributed by atoms with Crippen molar-refractivity contribution in [1.82, 2.24) is 0 Å². The van der Waals surface area contributed by atoms with Crippen LogP contribution in [0.4, 0.5) is 0 Å². The summed E-state index contributed by atoms with van der Waals surface area (Å²) in [5, 5.41) is 0. The van der Waals surface area contributed by atoms with Gasteiger partial charge in [-0.1, -0.05) is 96.8 Å². The van der Waals surface area contributed by atoms with Gasteiger partial charge >= 0.3 is 0 Å². The quantitative estimate of drug-likeness (QED) is 0.221. The van der Waals surface area contributed by atoms with Crippen LogP contribution in [-0.4, -0.2) is 0 Å². The van der Waals surface area contributed by atoms with E-state index in [1.165, 1.54) is 96.3 Å². The van der Waals surface area contributed by atoms with E-state index in [1.807, 2.05) is 0 Å². The van der Waals surface area contributed by atoms with Crippen molar-refractivity contribution in [3.05, 3.63) is 6.92 Å². The van der Waals surface area contributed by atoms with Crippen LogP contribution in [0.25, 0.3) is 0 Å². The Morgan fingerprint density at radius 1 is 0.550 bits per heavy atom. The Hall–Kier alpha value is -0.440. The minimum absolute atomic E-state index is 1.04. The second-order valence-electron chi connectivity index (χ2n) is 6.05. The smallest absolute Gasteiger partial charge is 0.0198 e. The van der Waals surface area contributed by atoms with Gasteiger partial charge in [0.15, 0.2) is 0 Å². The van der Waals surface area contributed by atoms with E-state index in [-0.39, 0.29) is 0 Å². The van der Waals surface area contributed by atoms with E-state index >= 15 is 0 Å².